The van der Waals surface area contributed by atoms with Crippen LogP contribution in [0.25, 0.3) is 0 Å². The van der Waals surface area contributed by atoms with Gasteiger partial charge in [-0.15, -0.1) is 0 Å². The van der Waals surface area contributed by atoms with E-state index >= 15 is 0 Å². The van der Waals surface area contributed by atoms with Crippen molar-refractivity contribution in [3.63, 3.8) is 0 Å². The summed E-state index contributed by atoms with van der Waals surface area (Å²) in [4.78, 5) is 24.3. The van der Waals surface area contributed by atoms with Crippen LogP contribution in [0.15, 0.2) is 12.4 Å². The highest BCUT2D eigenvalue weighted by atomic mass is 16.6. The summed E-state index contributed by atoms with van der Waals surface area (Å²) in [5, 5.41) is 23.3. The number of fused-ring (bicyclic) bond motifs is 1. The second-order valence-electron chi connectivity index (χ2n) is 8.85. The summed E-state index contributed by atoms with van der Waals surface area (Å²) in [5.74, 6) is -0.110. The number of nitrogens with one attached hydrogen (secondary N) is 3. The zero-order valence-electron chi connectivity index (χ0n) is 18.0. The van der Waals surface area contributed by atoms with Crippen molar-refractivity contribution >= 4 is 11.9 Å². The van der Waals surface area contributed by atoms with Gasteiger partial charge in [-0.1, -0.05) is 19.3 Å². The summed E-state index contributed by atoms with van der Waals surface area (Å²) < 4.78 is 13.5. The van der Waals surface area contributed by atoms with Crippen LogP contribution in [0.1, 0.15) is 50.5 Å². The molecule has 3 aliphatic rings. The second-order valence-corrected chi connectivity index (χ2v) is 8.85. The predicted molar refractivity (Wildman–Crippen MR) is 111 cm³/mol. The molecule has 3 heterocycles. The molecule has 0 unspecified atom stereocenters. The van der Waals surface area contributed by atoms with E-state index in [1.165, 1.54) is 6.42 Å². The molecule has 3 amide bonds. The standard InChI is InChI=1S/C21H33N5O5/c1-26-12-13(10-24-26)9-22-18(27)8-15-7-16-20(30-15)19(28)17(31-16)11-23-21(29)25-14-5-3-2-4-6-14/h10,12,14-17,19-20,28H,2-9,11H2,1H3,(H,22,27)(H2,23,25,29)/t15-,16+,17+,19+,20-/m0/s1. The van der Waals surface area contributed by atoms with Gasteiger partial charge in [-0.2, -0.15) is 5.10 Å². The van der Waals surface area contributed by atoms with Gasteiger partial charge in [0.25, 0.3) is 0 Å². The minimum absolute atomic E-state index is 0.110. The Morgan fingerprint density at radius 1 is 1.23 bits per heavy atom. The largest absolute Gasteiger partial charge is 0.388 e. The summed E-state index contributed by atoms with van der Waals surface area (Å²) in [5.41, 5.74) is 0.932. The van der Waals surface area contributed by atoms with E-state index in [1.807, 2.05) is 13.2 Å². The van der Waals surface area contributed by atoms with Gasteiger partial charge in [0.05, 0.1) is 24.8 Å². The zero-order chi connectivity index (χ0) is 21.8. The number of ether oxygens (including phenoxy) is 2. The third-order valence-corrected chi connectivity index (χ3v) is 6.34. The van der Waals surface area contributed by atoms with Crippen molar-refractivity contribution in [1.82, 2.24) is 25.7 Å². The average Bonchev–Trinajstić information content (AvgIpc) is 3.42. The van der Waals surface area contributed by atoms with Crippen LogP contribution in [0.2, 0.25) is 0 Å². The third kappa shape index (κ3) is 5.75. The lowest BCUT2D eigenvalue weighted by molar-refractivity contribution is -0.124. The molecule has 1 aromatic rings. The predicted octanol–water partition coefficient (Wildman–Crippen LogP) is 0.344. The van der Waals surface area contributed by atoms with Gasteiger partial charge in [-0.05, 0) is 12.8 Å². The van der Waals surface area contributed by atoms with Crippen molar-refractivity contribution in [3.05, 3.63) is 18.0 Å². The number of carbonyl (C=O) groups excluding carboxylic acids is 2. The zero-order valence-corrected chi connectivity index (χ0v) is 18.0. The molecule has 10 nitrogen and oxygen atoms in total. The van der Waals surface area contributed by atoms with Crippen molar-refractivity contribution in [1.29, 1.82) is 0 Å². The lowest BCUT2D eigenvalue weighted by Gasteiger charge is -2.24. The molecule has 4 rings (SSSR count). The van der Waals surface area contributed by atoms with Gasteiger partial charge in [0, 0.05) is 44.4 Å². The van der Waals surface area contributed by atoms with Crippen LogP contribution < -0.4 is 16.0 Å². The number of amides is 3. The van der Waals surface area contributed by atoms with Gasteiger partial charge in [0.1, 0.15) is 18.3 Å². The number of aliphatic hydroxyl groups is 1. The topological polar surface area (TPSA) is 127 Å². The van der Waals surface area contributed by atoms with Crippen molar-refractivity contribution < 1.29 is 24.2 Å². The maximum Gasteiger partial charge on any atom is 0.315 e. The summed E-state index contributed by atoms with van der Waals surface area (Å²) >= 11 is 0. The molecular weight excluding hydrogens is 402 g/mol. The molecule has 172 valence electrons. The number of hydrogen-bond acceptors (Lipinski definition) is 6. The Morgan fingerprint density at radius 2 is 2.03 bits per heavy atom. The summed E-state index contributed by atoms with van der Waals surface area (Å²) in [6.07, 6.45) is 7.55. The molecule has 1 saturated carbocycles. The summed E-state index contributed by atoms with van der Waals surface area (Å²) in [7, 11) is 1.83. The minimum atomic E-state index is -0.830. The number of aryl methyl sites for hydroxylation is 1. The first kappa shape index (κ1) is 22.0. The van der Waals surface area contributed by atoms with Crippen molar-refractivity contribution in [2.45, 2.75) is 88.1 Å². The highest BCUT2D eigenvalue weighted by molar-refractivity contribution is 5.76. The Morgan fingerprint density at radius 3 is 2.74 bits per heavy atom. The molecule has 4 N–H and O–H groups in total. The maximum absolute atomic E-state index is 12.2. The first-order chi connectivity index (χ1) is 15.0. The van der Waals surface area contributed by atoms with E-state index in [1.54, 1.807) is 10.9 Å². The first-order valence-electron chi connectivity index (χ1n) is 11.3. The summed E-state index contributed by atoms with van der Waals surface area (Å²) in [6, 6.07) is 0.0137. The van der Waals surface area contributed by atoms with E-state index in [4.69, 9.17) is 9.47 Å². The van der Waals surface area contributed by atoms with Crippen molar-refractivity contribution in [2.24, 2.45) is 7.05 Å². The molecule has 0 radical (unpaired) electrons. The number of rotatable bonds is 7. The molecule has 0 spiro atoms. The Kier molecular flexibility index (Phi) is 7.09. The lowest BCUT2D eigenvalue weighted by Crippen LogP contribution is -2.47. The Hall–Kier alpha value is -2.17. The van der Waals surface area contributed by atoms with Crippen LogP contribution in [-0.2, 0) is 27.9 Å². The molecule has 0 bridgehead atoms. The Labute approximate surface area is 182 Å². The molecule has 1 aliphatic carbocycles. The normalized spacial score (nSPS) is 30.7. The van der Waals surface area contributed by atoms with Crippen LogP contribution in [0.3, 0.4) is 0 Å². The van der Waals surface area contributed by atoms with Gasteiger partial charge in [0.15, 0.2) is 0 Å². The average molecular weight is 436 g/mol. The number of carbonyl (C=O) groups is 2. The molecule has 31 heavy (non-hydrogen) atoms. The van der Waals surface area contributed by atoms with Gasteiger partial charge >= 0.3 is 6.03 Å². The Balaban J connectivity index is 1.15. The van der Waals surface area contributed by atoms with Gasteiger partial charge < -0.3 is 30.5 Å². The monoisotopic (exact) mass is 435 g/mol. The first-order valence-corrected chi connectivity index (χ1v) is 11.3. The fourth-order valence-electron chi connectivity index (χ4n) is 4.73. The third-order valence-electron chi connectivity index (χ3n) is 6.34. The highest BCUT2D eigenvalue weighted by Crippen LogP contribution is 2.35. The number of aromatic nitrogens is 2. The van der Waals surface area contributed by atoms with Crippen molar-refractivity contribution in [3.8, 4) is 0 Å². The van der Waals surface area contributed by atoms with Crippen LogP contribution >= 0.6 is 0 Å². The SMILES string of the molecule is Cn1cc(CNC(=O)C[C@@H]2C[C@H]3O[C@H](CNC(=O)NC4CCCCC4)[C@@H](O)[C@H]3O2)cn1. The molecule has 5 atom stereocenters. The van der Waals surface area contributed by atoms with Gasteiger partial charge in [-0.25, -0.2) is 4.79 Å². The molecular formula is C21H33N5O5. The second kappa shape index (κ2) is 9.97. The van der Waals surface area contributed by atoms with Gasteiger partial charge in [0.2, 0.25) is 5.91 Å². The Bertz CT molecular complexity index is 765. The number of hydrogen-bond donors (Lipinski definition) is 4. The lowest BCUT2D eigenvalue weighted by atomic mass is 9.96. The molecule has 10 heteroatoms. The highest BCUT2D eigenvalue weighted by Gasteiger charge is 2.50. The van der Waals surface area contributed by atoms with E-state index in [0.717, 1.165) is 31.2 Å². The molecule has 3 fully saturated rings. The quantitative estimate of drug-likeness (QED) is 0.489. The van der Waals surface area contributed by atoms with E-state index < -0.39 is 18.3 Å². The van der Waals surface area contributed by atoms with E-state index in [2.05, 4.69) is 21.0 Å². The van der Waals surface area contributed by atoms with Crippen LogP contribution in [-0.4, -0.2) is 69.9 Å². The van der Waals surface area contributed by atoms with Crippen LogP contribution in [0, 0.1) is 0 Å². The maximum atomic E-state index is 12.2. The molecule has 2 saturated heterocycles. The van der Waals surface area contributed by atoms with Crippen LogP contribution in [0.5, 0.6) is 0 Å². The van der Waals surface area contributed by atoms with E-state index in [9.17, 15) is 14.7 Å². The number of aliphatic hydroxyl groups excluding tert-OH is 1. The van der Waals surface area contributed by atoms with E-state index in [0.29, 0.717) is 13.0 Å². The fraction of sp³-hybridized carbons (Fsp3) is 0.762. The van der Waals surface area contributed by atoms with Gasteiger partial charge in [-0.3, -0.25) is 9.48 Å². The molecule has 2 aliphatic heterocycles. The molecule has 1 aromatic heterocycles. The van der Waals surface area contributed by atoms with E-state index in [-0.39, 0.29) is 43.2 Å². The number of urea groups is 1. The fourth-order valence-corrected chi connectivity index (χ4v) is 4.73. The van der Waals surface area contributed by atoms with Crippen molar-refractivity contribution in [2.75, 3.05) is 6.54 Å². The molecule has 0 aromatic carbocycles. The minimum Gasteiger partial charge on any atom is -0.388 e. The van der Waals surface area contributed by atoms with Crippen LogP contribution in [0.4, 0.5) is 4.79 Å². The smallest absolute Gasteiger partial charge is 0.315 e. The number of nitrogens with zero attached hydrogens (tertiary/aromatic N) is 2. The summed E-state index contributed by atoms with van der Waals surface area (Å²) in [6.45, 7) is 0.647.